The first-order valence-electron chi connectivity index (χ1n) is 10.8. The zero-order chi connectivity index (χ0) is 22.1. The number of rotatable bonds is 9. The number of hydrogen-bond acceptors (Lipinski definition) is 4. The first kappa shape index (κ1) is 25.9. The highest BCUT2D eigenvalue weighted by Crippen LogP contribution is 2.22. The highest BCUT2D eigenvalue weighted by atomic mass is 127. The Balaban J connectivity index is 0.00000363. The highest BCUT2D eigenvalue weighted by Gasteiger charge is 2.17. The minimum absolute atomic E-state index is 0. The van der Waals surface area contributed by atoms with Gasteiger partial charge in [0.25, 0.3) is 0 Å². The van der Waals surface area contributed by atoms with Crippen LogP contribution in [0.25, 0.3) is 0 Å². The van der Waals surface area contributed by atoms with Crippen LogP contribution in [0.1, 0.15) is 40.4 Å². The number of guanidine groups is 1. The zero-order valence-corrected chi connectivity index (χ0v) is 21.1. The molecule has 1 aliphatic rings. The molecular weight excluding hydrogens is 519 g/mol. The van der Waals surface area contributed by atoms with Gasteiger partial charge in [0.1, 0.15) is 5.75 Å². The van der Waals surface area contributed by atoms with E-state index >= 15 is 0 Å². The average Bonchev–Trinajstić information content (AvgIpc) is 3.29. The van der Waals surface area contributed by atoms with Crippen molar-refractivity contribution in [3.05, 3.63) is 64.7 Å². The second-order valence-corrected chi connectivity index (χ2v) is 7.76. The predicted octanol–water partition coefficient (Wildman–Crippen LogP) is 3.38. The molecule has 1 amide bonds. The molecule has 1 atom stereocenters. The van der Waals surface area contributed by atoms with Crippen molar-refractivity contribution in [1.82, 2.24) is 10.6 Å². The fourth-order valence-electron chi connectivity index (χ4n) is 3.33. The summed E-state index contributed by atoms with van der Waals surface area (Å²) in [7, 11) is 0. The lowest BCUT2D eigenvalue weighted by molar-refractivity contribution is 0.100. The van der Waals surface area contributed by atoms with Crippen molar-refractivity contribution in [3.63, 3.8) is 0 Å². The lowest BCUT2D eigenvalue weighted by Gasteiger charge is -2.17. The number of benzene rings is 2. The maximum Gasteiger partial charge on any atom is 0.248 e. The lowest BCUT2D eigenvalue weighted by atomic mass is 10.1. The summed E-state index contributed by atoms with van der Waals surface area (Å²) in [5.74, 6) is 1.65. The van der Waals surface area contributed by atoms with E-state index < -0.39 is 5.91 Å². The quantitative estimate of drug-likeness (QED) is 0.252. The normalized spacial score (nSPS) is 15.7. The van der Waals surface area contributed by atoms with Crippen molar-refractivity contribution in [2.45, 2.75) is 33.4 Å². The molecule has 0 aromatic heterocycles. The van der Waals surface area contributed by atoms with Gasteiger partial charge in [-0.3, -0.25) is 4.79 Å². The van der Waals surface area contributed by atoms with Crippen LogP contribution in [0.5, 0.6) is 5.75 Å². The van der Waals surface area contributed by atoms with E-state index in [0.29, 0.717) is 31.2 Å². The first-order valence-corrected chi connectivity index (χ1v) is 10.8. The molecule has 2 aromatic rings. The van der Waals surface area contributed by atoms with E-state index in [1.54, 1.807) is 12.1 Å². The van der Waals surface area contributed by atoms with Crippen LogP contribution < -0.4 is 21.1 Å². The van der Waals surface area contributed by atoms with E-state index in [1.807, 2.05) is 19.1 Å². The third-order valence-electron chi connectivity index (χ3n) is 5.17. The Morgan fingerprint density at radius 2 is 2.00 bits per heavy atom. The third-order valence-corrected chi connectivity index (χ3v) is 5.17. The smallest absolute Gasteiger partial charge is 0.248 e. The number of hydrogen-bond donors (Lipinski definition) is 3. The topological polar surface area (TPSA) is 98.0 Å². The van der Waals surface area contributed by atoms with Crippen molar-refractivity contribution in [3.8, 4) is 5.75 Å². The molecule has 2 aromatic carbocycles. The Hall–Kier alpha value is -2.33. The summed E-state index contributed by atoms with van der Waals surface area (Å²) < 4.78 is 11.6. The van der Waals surface area contributed by atoms with Crippen molar-refractivity contribution < 1.29 is 14.3 Å². The number of nitrogens with two attached hydrogens (primary N) is 1. The molecule has 4 N–H and O–H groups in total. The zero-order valence-electron chi connectivity index (χ0n) is 18.7. The number of carbonyl (C=O) groups is 1. The van der Waals surface area contributed by atoms with Gasteiger partial charge < -0.3 is 25.8 Å². The highest BCUT2D eigenvalue weighted by molar-refractivity contribution is 14.0. The Kier molecular flexibility index (Phi) is 10.8. The van der Waals surface area contributed by atoms with Crippen LogP contribution in [-0.2, 0) is 17.8 Å². The van der Waals surface area contributed by atoms with Crippen molar-refractivity contribution >= 4 is 35.8 Å². The van der Waals surface area contributed by atoms with E-state index in [2.05, 4.69) is 40.7 Å². The largest absolute Gasteiger partial charge is 0.493 e. The number of aryl methyl sites for hydroxylation is 1. The van der Waals surface area contributed by atoms with Gasteiger partial charge in [0.15, 0.2) is 5.96 Å². The van der Waals surface area contributed by atoms with Gasteiger partial charge in [0.2, 0.25) is 5.91 Å². The van der Waals surface area contributed by atoms with Crippen LogP contribution >= 0.6 is 24.0 Å². The van der Waals surface area contributed by atoms with Gasteiger partial charge in [0.05, 0.1) is 19.8 Å². The van der Waals surface area contributed by atoms with E-state index in [1.165, 1.54) is 5.56 Å². The van der Waals surface area contributed by atoms with Gasteiger partial charge in [0, 0.05) is 36.7 Å². The minimum atomic E-state index is -0.429. The van der Waals surface area contributed by atoms with Crippen LogP contribution in [0.15, 0.2) is 47.5 Å². The molecular formula is C24H33IN4O3. The molecule has 1 saturated heterocycles. The summed E-state index contributed by atoms with van der Waals surface area (Å²) in [6, 6.07) is 13.4. The van der Waals surface area contributed by atoms with Crippen molar-refractivity contribution in [1.29, 1.82) is 0 Å². The van der Waals surface area contributed by atoms with Crippen LogP contribution in [0, 0.1) is 12.8 Å². The SMILES string of the molecule is CCNC(=NCc1ccc(C(N)=O)cc1)NCc1ccc(C)cc1OCC1CCOC1.I. The molecule has 32 heavy (non-hydrogen) atoms. The molecule has 8 heteroatoms. The van der Waals surface area contributed by atoms with Gasteiger partial charge in [-0.2, -0.15) is 0 Å². The Labute approximate surface area is 207 Å². The number of nitrogens with zero attached hydrogens (tertiary/aromatic N) is 1. The van der Waals surface area contributed by atoms with Crippen molar-refractivity contribution in [2.24, 2.45) is 16.6 Å². The molecule has 0 aliphatic carbocycles. The Morgan fingerprint density at radius 1 is 1.22 bits per heavy atom. The molecule has 3 rings (SSSR count). The van der Waals surface area contributed by atoms with Crippen LogP contribution in [0.4, 0.5) is 0 Å². The standard InChI is InChI=1S/C24H32N4O3.HI/c1-3-26-24(27-13-18-5-8-20(9-6-18)23(25)29)28-14-21-7-4-17(2)12-22(21)31-16-19-10-11-30-15-19;/h4-9,12,19H,3,10-11,13-16H2,1-2H3,(H2,25,29)(H2,26,27,28);1H. The number of ether oxygens (including phenoxy) is 2. The fourth-order valence-corrected chi connectivity index (χ4v) is 3.33. The molecule has 0 saturated carbocycles. The van der Waals surface area contributed by atoms with E-state index in [9.17, 15) is 4.79 Å². The predicted molar refractivity (Wildman–Crippen MR) is 138 cm³/mol. The molecule has 1 heterocycles. The van der Waals surface area contributed by atoms with Gasteiger partial charge in [-0.25, -0.2) is 4.99 Å². The summed E-state index contributed by atoms with van der Waals surface area (Å²) in [6.45, 7) is 8.22. The summed E-state index contributed by atoms with van der Waals surface area (Å²) >= 11 is 0. The summed E-state index contributed by atoms with van der Waals surface area (Å²) in [6.07, 6.45) is 1.05. The summed E-state index contributed by atoms with van der Waals surface area (Å²) in [5, 5.41) is 6.65. The number of aliphatic imine (C=N–C) groups is 1. The fraction of sp³-hybridized carbons (Fsp3) is 0.417. The van der Waals surface area contributed by atoms with Crippen molar-refractivity contribution in [2.75, 3.05) is 26.4 Å². The monoisotopic (exact) mass is 552 g/mol. The van der Waals surface area contributed by atoms with Gasteiger partial charge >= 0.3 is 0 Å². The summed E-state index contributed by atoms with van der Waals surface area (Å²) in [4.78, 5) is 15.9. The number of amides is 1. The lowest BCUT2D eigenvalue weighted by Crippen LogP contribution is -2.36. The molecule has 1 aliphatic heterocycles. The molecule has 0 bridgehead atoms. The molecule has 0 spiro atoms. The Morgan fingerprint density at radius 3 is 2.66 bits per heavy atom. The number of carbonyl (C=O) groups excluding carboxylic acids is 1. The minimum Gasteiger partial charge on any atom is -0.493 e. The number of primary amides is 1. The molecule has 7 nitrogen and oxygen atoms in total. The second kappa shape index (κ2) is 13.3. The number of nitrogens with one attached hydrogen (secondary N) is 2. The van der Waals surface area contributed by atoms with Gasteiger partial charge in [-0.1, -0.05) is 24.3 Å². The maximum absolute atomic E-state index is 11.2. The van der Waals surface area contributed by atoms with Crippen LogP contribution in [0.2, 0.25) is 0 Å². The summed E-state index contributed by atoms with van der Waals surface area (Å²) in [5.41, 5.74) is 9.04. The third kappa shape index (κ3) is 7.98. The van der Waals surface area contributed by atoms with E-state index in [-0.39, 0.29) is 24.0 Å². The molecule has 0 radical (unpaired) electrons. The average molecular weight is 552 g/mol. The van der Waals surface area contributed by atoms with E-state index in [4.69, 9.17) is 15.2 Å². The number of halogens is 1. The van der Waals surface area contributed by atoms with Crippen LogP contribution in [-0.4, -0.2) is 38.2 Å². The first-order chi connectivity index (χ1) is 15.0. The van der Waals surface area contributed by atoms with Crippen LogP contribution in [0.3, 0.4) is 0 Å². The molecule has 174 valence electrons. The van der Waals surface area contributed by atoms with Gasteiger partial charge in [-0.05, 0) is 49.6 Å². The van der Waals surface area contributed by atoms with Gasteiger partial charge in [-0.15, -0.1) is 24.0 Å². The second-order valence-electron chi connectivity index (χ2n) is 7.76. The Bertz CT molecular complexity index is 897. The maximum atomic E-state index is 11.2. The molecule has 1 fully saturated rings. The molecule has 1 unspecified atom stereocenters. The van der Waals surface area contributed by atoms with E-state index in [0.717, 1.165) is 49.0 Å².